The molecule has 0 radical (unpaired) electrons. The van der Waals surface area contributed by atoms with Crippen LogP contribution < -0.4 is 0 Å². The zero-order valence-electron chi connectivity index (χ0n) is 7.81. The highest BCUT2D eigenvalue weighted by atomic mass is 35.5. The summed E-state index contributed by atoms with van der Waals surface area (Å²) < 4.78 is 0. The van der Waals surface area contributed by atoms with Gasteiger partial charge in [-0.3, -0.25) is 14.5 Å². The average molecular weight is 222 g/mol. The minimum absolute atomic E-state index is 0.107. The molecule has 2 amide bonds. The molecule has 4 heteroatoms. The largest absolute Gasteiger partial charge is 0.269 e. The Bertz CT molecular complexity index is 439. The fourth-order valence-electron chi connectivity index (χ4n) is 1.45. The summed E-state index contributed by atoms with van der Waals surface area (Å²) >= 11 is 5.50. The number of benzene rings is 1. The van der Waals surface area contributed by atoms with E-state index in [0.29, 0.717) is 5.57 Å². The lowest BCUT2D eigenvalue weighted by Gasteiger charge is -2.09. The first kappa shape index (κ1) is 9.93. The first-order valence-electron chi connectivity index (χ1n) is 4.43. The highest BCUT2D eigenvalue weighted by Crippen LogP contribution is 2.23. The number of carbonyl (C=O) groups excluding carboxylic acids is 2. The van der Waals surface area contributed by atoms with Gasteiger partial charge in [0.1, 0.15) is 6.00 Å². The van der Waals surface area contributed by atoms with Crippen LogP contribution in [0.5, 0.6) is 0 Å². The number of nitrogens with zero attached hydrogens (tertiary/aromatic N) is 1. The molecule has 3 nitrogen and oxygen atoms in total. The second-order valence-corrected chi connectivity index (χ2v) is 3.35. The fraction of sp³-hybridized carbons (Fsp3) is 0.0909. The van der Waals surface area contributed by atoms with Gasteiger partial charge in [-0.05, 0) is 5.56 Å². The third kappa shape index (κ3) is 1.66. The van der Waals surface area contributed by atoms with Gasteiger partial charge in [0, 0.05) is 6.08 Å². The zero-order valence-corrected chi connectivity index (χ0v) is 8.57. The molecule has 0 spiro atoms. The van der Waals surface area contributed by atoms with Crippen LogP contribution in [0.4, 0.5) is 0 Å². The molecule has 1 aliphatic heterocycles. The van der Waals surface area contributed by atoms with Crippen LogP contribution in [0.15, 0.2) is 36.4 Å². The molecule has 15 heavy (non-hydrogen) atoms. The SMILES string of the molecule is O=C1C=C(c2ccccc2)C(=O)N1CCl. The molecule has 0 fully saturated rings. The predicted octanol–water partition coefficient (Wildman–Crippen LogP) is 1.64. The Kier molecular flexibility index (Phi) is 2.56. The number of amides is 2. The van der Waals surface area contributed by atoms with E-state index in [2.05, 4.69) is 0 Å². The van der Waals surface area contributed by atoms with Crippen LogP contribution in [0.25, 0.3) is 5.57 Å². The average Bonchev–Trinajstić information content (AvgIpc) is 2.55. The third-order valence-corrected chi connectivity index (χ3v) is 2.45. The summed E-state index contributed by atoms with van der Waals surface area (Å²) in [6.07, 6.45) is 1.32. The molecule has 1 aliphatic rings. The number of hydrogen-bond acceptors (Lipinski definition) is 2. The van der Waals surface area contributed by atoms with Crippen molar-refractivity contribution in [1.82, 2.24) is 4.90 Å². The normalized spacial score (nSPS) is 15.8. The number of hydrogen-bond donors (Lipinski definition) is 0. The Hall–Kier alpha value is -1.61. The maximum atomic E-state index is 11.7. The minimum atomic E-state index is -0.353. The van der Waals surface area contributed by atoms with E-state index in [-0.39, 0.29) is 17.8 Å². The van der Waals surface area contributed by atoms with Crippen molar-refractivity contribution in [2.75, 3.05) is 6.00 Å². The second kappa shape index (κ2) is 3.87. The van der Waals surface area contributed by atoms with E-state index in [1.165, 1.54) is 6.08 Å². The van der Waals surface area contributed by atoms with Crippen molar-refractivity contribution < 1.29 is 9.59 Å². The lowest BCUT2D eigenvalue weighted by molar-refractivity contribution is -0.135. The summed E-state index contributed by atoms with van der Waals surface area (Å²) in [6.45, 7) is 0. The molecule has 0 unspecified atom stereocenters. The first-order valence-corrected chi connectivity index (χ1v) is 4.96. The number of imide groups is 1. The van der Waals surface area contributed by atoms with Crippen LogP contribution in [-0.4, -0.2) is 22.7 Å². The summed E-state index contributed by atoms with van der Waals surface area (Å²) in [4.78, 5) is 24.0. The molecule has 1 aromatic rings. The predicted molar refractivity (Wildman–Crippen MR) is 57.0 cm³/mol. The van der Waals surface area contributed by atoms with Gasteiger partial charge in [-0.15, -0.1) is 11.6 Å². The molecular formula is C11H8ClNO2. The van der Waals surface area contributed by atoms with Crippen molar-refractivity contribution in [2.45, 2.75) is 0 Å². The first-order chi connectivity index (χ1) is 7.24. The number of carbonyl (C=O) groups is 2. The van der Waals surface area contributed by atoms with Gasteiger partial charge in [0.2, 0.25) is 0 Å². The van der Waals surface area contributed by atoms with E-state index in [4.69, 9.17) is 11.6 Å². The Morgan fingerprint density at radius 3 is 2.33 bits per heavy atom. The summed E-state index contributed by atoms with van der Waals surface area (Å²) in [7, 11) is 0. The maximum absolute atomic E-state index is 11.7. The van der Waals surface area contributed by atoms with Crippen LogP contribution in [0.1, 0.15) is 5.56 Å². The Morgan fingerprint density at radius 2 is 1.80 bits per heavy atom. The molecule has 0 N–H and O–H groups in total. The van der Waals surface area contributed by atoms with E-state index < -0.39 is 0 Å². The molecule has 0 bridgehead atoms. The molecule has 0 saturated carbocycles. The van der Waals surface area contributed by atoms with E-state index in [1.54, 1.807) is 12.1 Å². The van der Waals surface area contributed by atoms with Crippen LogP contribution in [0.3, 0.4) is 0 Å². The van der Waals surface area contributed by atoms with Crippen molar-refractivity contribution in [3.05, 3.63) is 42.0 Å². The summed E-state index contributed by atoms with van der Waals surface area (Å²) in [6, 6.07) is 8.95. The quantitative estimate of drug-likeness (QED) is 0.433. The van der Waals surface area contributed by atoms with Gasteiger partial charge in [-0.1, -0.05) is 30.3 Å². The van der Waals surface area contributed by atoms with Gasteiger partial charge in [-0.2, -0.15) is 0 Å². The van der Waals surface area contributed by atoms with E-state index in [1.807, 2.05) is 18.2 Å². The number of rotatable bonds is 2. The van der Waals surface area contributed by atoms with Gasteiger partial charge >= 0.3 is 0 Å². The highest BCUT2D eigenvalue weighted by Gasteiger charge is 2.30. The summed E-state index contributed by atoms with van der Waals surface area (Å²) in [5, 5.41) is 0. The van der Waals surface area contributed by atoms with Gasteiger partial charge in [0.15, 0.2) is 0 Å². The van der Waals surface area contributed by atoms with Crippen LogP contribution in [-0.2, 0) is 9.59 Å². The molecule has 1 aromatic carbocycles. The van der Waals surface area contributed by atoms with Crippen molar-refractivity contribution in [1.29, 1.82) is 0 Å². The topological polar surface area (TPSA) is 37.4 Å². The smallest absolute Gasteiger partial charge is 0.262 e. The molecular weight excluding hydrogens is 214 g/mol. The van der Waals surface area contributed by atoms with Crippen molar-refractivity contribution >= 4 is 29.0 Å². The summed E-state index contributed by atoms with van der Waals surface area (Å²) in [5.41, 5.74) is 1.14. The fourth-order valence-corrected chi connectivity index (χ4v) is 1.67. The zero-order chi connectivity index (χ0) is 10.8. The molecule has 0 atom stereocenters. The van der Waals surface area contributed by atoms with Crippen LogP contribution >= 0.6 is 11.6 Å². The molecule has 76 valence electrons. The Balaban J connectivity index is 2.38. The van der Waals surface area contributed by atoms with Crippen molar-refractivity contribution in [3.8, 4) is 0 Å². The molecule has 1 heterocycles. The standard InChI is InChI=1S/C11H8ClNO2/c12-7-13-10(14)6-9(11(13)15)8-4-2-1-3-5-8/h1-6H,7H2. The van der Waals surface area contributed by atoms with Gasteiger partial charge < -0.3 is 0 Å². The van der Waals surface area contributed by atoms with E-state index in [9.17, 15) is 9.59 Å². The number of alkyl halides is 1. The Morgan fingerprint density at radius 1 is 1.13 bits per heavy atom. The van der Waals surface area contributed by atoms with Gasteiger partial charge in [0.25, 0.3) is 11.8 Å². The molecule has 0 aromatic heterocycles. The lowest BCUT2D eigenvalue weighted by atomic mass is 10.1. The van der Waals surface area contributed by atoms with Gasteiger partial charge in [0.05, 0.1) is 5.57 Å². The summed E-state index contributed by atoms with van der Waals surface area (Å²) in [5.74, 6) is -0.685. The van der Waals surface area contributed by atoms with E-state index in [0.717, 1.165) is 10.5 Å². The van der Waals surface area contributed by atoms with Crippen LogP contribution in [0.2, 0.25) is 0 Å². The molecule has 0 aliphatic carbocycles. The maximum Gasteiger partial charge on any atom is 0.262 e. The molecule has 2 rings (SSSR count). The van der Waals surface area contributed by atoms with Crippen molar-refractivity contribution in [3.63, 3.8) is 0 Å². The second-order valence-electron chi connectivity index (χ2n) is 3.11. The van der Waals surface area contributed by atoms with E-state index >= 15 is 0 Å². The van der Waals surface area contributed by atoms with Crippen molar-refractivity contribution in [2.24, 2.45) is 0 Å². The lowest BCUT2D eigenvalue weighted by Crippen LogP contribution is -2.29. The molecule has 0 saturated heterocycles. The highest BCUT2D eigenvalue weighted by molar-refractivity contribution is 6.35. The third-order valence-electron chi connectivity index (χ3n) is 2.21. The minimum Gasteiger partial charge on any atom is -0.269 e. The number of halogens is 1. The monoisotopic (exact) mass is 221 g/mol. The Labute approximate surface area is 91.9 Å². The van der Waals surface area contributed by atoms with Crippen LogP contribution in [0, 0.1) is 0 Å². The van der Waals surface area contributed by atoms with Gasteiger partial charge in [-0.25, -0.2) is 0 Å².